The van der Waals surface area contributed by atoms with Gasteiger partial charge in [0.15, 0.2) is 0 Å². The van der Waals surface area contributed by atoms with Gasteiger partial charge in [-0.15, -0.1) is 16.6 Å². The fourth-order valence-corrected chi connectivity index (χ4v) is 4.02. The summed E-state index contributed by atoms with van der Waals surface area (Å²) in [6.45, 7) is 3.82. The molecule has 2 heterocycles. The Morgan fingerprint density at radius 3 is 2.86 bits per heavy atom. The molecule has 29 heavy (non-hydrogen) atoms. The first-order chi connectivity index (χ1) is 14.2. The van der Waals surface area contributed by atoms with E-state index in [1.54, 1.807) is 13.2 Å². The smallest absolute Gasteiger partial charge is 0.149 e. The fraction of sp³-hybridized carbons (Fsp3) is 0.478. The van der Waals surface area contributed by atoms with E-state index in [2.05, 4.69) is 32.4 Å². The first kappa shape index (κ1) is 19.7. The van der Waals surface area contributed by atoms with Crippen molar-refractivity contribution in [3.8, 4) is 29.4 Å². The Bertz CT molecular complexity index is 904. The molecule has 0 unspecified atom stereocenters. The van der Waals surface area contributed by atoms with Crippen molar-refractivity contribution in [2.24, 2.45) is 0 Å². The molecule has 2 fully saturated rings. The van der Waals surface area contributed by atoms with Crippen LogP contribution < -0.4 is 5.32 Å². The molecule has 1 aromatic heterocycles. The van der Waals surface area contributed by atoms with E-state index in [0.717, 1.165) is 69.0 Å². The molecule has 1 aliphatic carbocycles. The van der Waals surface area contributed by atoms with Gasteiger partial charge in [-0.3, -0.25) is 4.90 Å². The molecule has 1 saturated carbocycles. The van der Waals surface area contributed by atoms with E-state index < -0.39 is 0 Å². The largest absolute Gasteiger partial charge is 0.507 e. The van der Waals surface area contributed by atoms with Gasteiger partial charge < -0.3 is 15.2 Å². The summed E-state index contributed by atoms with van der Waals surface area (Å²) in [6.07, 6.45) is 10.0. The molecule has 4 rings (SSSR count). The Morgan fingerprint density at radius 1 is 1.28 bits per heavy atom. The minimum atomic E-state index is 0.151. The highest BCUT2D eigenvalue weighted by molar-refractivity contribution is 5.72. The Morgan fingerprint density at radius 2 is 2.14 bits per heavy atom. The second-order valence-electron chi connectivity index (χ2n) is 7.96. The zero-order valence-electron chi connectivity index (χ0n) is 16.9. The highest BCUT2D eigenvalue weighted by Crippen LogP contribution is 2.45. The van der Waals surface area contributed by atoms with Crippen LogP contribution in [0.3, 0.4) is 0 Å². The number of phenolic OH excluding ortho intramolecular Hbond substituents is 1. The molecule has 1 aromatic carbocycles. The maximum Gasteiger partial charge on any atom is 0.149 e. The SMILES string of the molecule is C#Cc1ccc(-c2nnc(N[C@@H]3CCCN(CCOC)C3)cc2C2CC2)c(O)c1. The van der Waals surface area contributed by atoms with Gasteiger partial charge in [0.1, 0.15) is 17.3 Å². The molecule has 1 aliphatic heterocycles. The molecule has 2 N–H and O–H groups in total. The average Bonchev–Trinajstić information content (AvgIpc) is 3.58. The van der Waals surface area contributed by atoms with Crippen LogP contribution in [0.5, 0.6) is 5.75 Å². The normalized spacial score (nSPS) is 19.7. The van der Waals surface area contributed by atoms with Gasteiger partial charge in [-0.25, -0.2) is 0 Å². The minimum Gasteiger partial charge on any atom is -0.507 e. The van der Waals surface area contributed by atoms with Gasteiger partial charge in [0, 0.05) is 37.4 Å². The number of phenols is 1. The van der Waals surface area contributed by atoms with Crippen molar-refractivity contribution in [3.63, 3.8) is 0 Å². The van der Waals surface area contributed by atoms with Gasteiger partial charge in [-0.05, 0) is 68.0 Å². The summed E-state index contributed by atoms with van der Waals surface area (Å²) in [5, 5.41) is 23.0. The average molecular weight is 393 g/mol. The first-order valence-electron chi connectivity index (χ1n) is 10.3. The van der Waals surface area contributed by atoms with Crippen LogP contribution in [-0.4, -0.2) is 59.6 Å². The number of terminal acetylenes is 1. The van der Waals surface area contributed by atoms with Crippen LogP contribution in [0.4, 0.5) is 5.82 Å². The lowest BCUT2D eigenvalue weighted by atomic mass is 10.0. The molecule has 2 aliphatic rings. The van der Waals surface area contributed by atoms with Crippen LogP contribution in [0, 0.1) is 12.3 Å². The number of hydrogen-bond donors (Lipinski definition) is 2. The Labute approximate surface area is 172 Å². The number of nitrogens with one attached hydrogen (secondary N) is 1. The zero-order valence-corrected chi connectivity index (χ0v) is 16.9. The summed E-state index contributed by atoms with van der Waals surface area (Å²) in [5.41, 5.74) is 3.25. The lowest BCUT2D eigenvalue weighted by Gasteiger charge is -2.33. The molecular formula is C23H28N4O2. The number of ether oxygens (including phenoxy) is 1. The molecule has 6 heteroatoms. The number of aromatic nitrogens is 2. The lowest BCUT2D eigenvalue weighted by Crippen LogP contribution is -2.43. The van der Waals surface area contributed by atoms with E-state index in [9.17, 15) is 5.11 Å². The Balaban J connectivity index is 1.53. The topological polar surface area (TPSA) is 70.5 Å². The summed E-state index contributed by atoms with van der Waals surface area (Å²) in [4.78, 5) is 2.43. The number of methoxy groups -OCH3 is 1. The molecule has 1 saturated heterocycles. The van der Waals surface area contributed by atoms with E-state index in [-0.39, 0.29) is 5.75 Å². The van der Waals surface area contributed by atoms with Gasteiger partial charge in [-0.1, -0.05) is 5.92 Å². The quantitative estimate of drug-likeness (QED) is 0.705. The molecule has 2 aromatic rings. The van der Waals surface area contributed by atoms with E-state index in [1.165, 1.54) is 0 Å². The molecular weight excluding hydrogens is 364 g/mol. The zero-order chi connectivity index (χ0) is 20.2. The van der Waals surface area contributed by atoms with Crippen LogP contribution in [0.15, 0.2) is 24.3 Å². The molecule has 0 spiro atoms. The predicted molar refractivity (Wildman–Crippen MR) is 114 cm³/mol. The standard InChI is InChI=1S/C23H28N4O2/c1-3-16-6-9-19(21(28)13-16)23-20(17-7-8-17)14-22(25-26-23)24-18-5-4-10-27(15-18)11-12-29-2/h1,6,9,13-14,17-18,28H,4-5,7-8,10-12,15H2,2H3,(H,24,25)/t18-/m1/s1. The number of aromatic hydroxyl groups is 1. The van der Waals surface area contributed by atoms with E-state index >= 15 is 0 Å². The van der Waals surface area contributed by atoms with E-state index in [1.807, 2.05) is 12.1 Å². The minimum absolute atomic E-state index is 0.151. The number of hydrogen-bond acceptors (Lipinski definition) is 6. The molecule has 0 bridgehead atoms. The van der Waals surface area contributed by atoms with Crippen LogP contribution in [0.1, 0.15) is 42.7 Å². The molecule has 1 atom stereocenters. The first-order valence-corrected chi connectivity index (χ1v) is 10.3. The van der Waals surface area contributed by atoms with Gasteiger partial charge in [-0.2, -0.15) is 0 Å². The van der Waals surface area contributed by atoms with Gasteiger partial charge in [0.25, 0.3) is 0 Å². The predicted octanol–water partition coefficient (Wildman–Crippen LogP) is 3.23. The monoisotopic (exact) mass is 392 g/mol. The van der Waals surface area contributed by atoms with Crippen LogP contribution in [0.25, 0.3) is 11.3 Å². The summed E-state index contributed by atoms with van der Waals surface area (Å²) in [7, 11) is 1.74. The van der Waals surface area contributed by atoms with Crippen LogP contribution in [-0.2, 0) is 4.74 Å². The number of benzene rings is 1. The number of rotatable bonds is 7. The summed E-state index contributed by atoms with van der Waals surface area (Å²) >= 11 is 0. The van der Waals surface area contributed by atoms with Gasteiger partial charge in [0.05, 0.1) is 6.61 Å². The number of nitrogens with zero attached hydrogens (tertiary/aromatic N) is 3. The number of likely N-dealkylation sites (tertiary alicyclic amines) is 1. The molecule has 6 nitrogen and oxygen atoms in total. The fourth-order valence-electron chi connectivity index (χ4n) is 4.02. The van der Waals surface area contributed by atoms with Gasteiger partial charge in [0.2, 0.25) is 0 Å². The van der Waals surface area contributed by atoms with Crippen molar-refractivity contribution in [2.75, 3.05) is 38.7 Å². The highest BCUT2D eigenvalue weighted by atomic mass is 16.5. The summed E-state index contributed by atoms with van der Waals surface area (Å²) in [6, 6.07) is 7.74. The Kier molecular flexibility index (Phi) is 5.98. The van der Waals surface area contributed by atoms with Crippen molar-refractivity contribution in [1.29, 1.82) is 0 Å². The molecule has 0 amide bonds. The van der Waals surface area contributed by atoms with Crippen molar-refractivity contribution < 1.29 is 9.84 Å². The third kappa shape index (κ3) is 4.69. The number of piperidine rings is 1. The summed E-state index contributed by atoms with van der Waals surface area (Å²) in [5.74, 6) is 4.00. The molecule has 152 valence electrons. The number of anilines is 1. The second kappa shape index (κ2) is 8.81. The maximum atomic E-state index is 10.4. The van der Waals surface area contributed by atoms with E-state index in [0.29, 0.717) is 23.1 Å². The van der Waals surface area contributed by atoms with E-state index in [4.69, 9.17) is 11.2 Å². The van der Waals surface area contributed by atoms with Gasteiger partial charge >= 0.3 is 0 Å². The van der Waals surface area contributed by atoms with Crippen LogP contribution in [0.2, 0.25) is 0 Å². The maximum absolute atomic E-state index is 10.4. The van der Waals surface area contributed by atoms with Crippen molar-refractivity contribution >= 4 is 5.82 Å². The Hall–Kier alpha value is -2.62. The third-order valence-electron chi connectivity index (χ3n) is 5.73. The van der Waals surface area contributed by atoms with Crippen molar-refractivity contribution in [3.05, 3.63) is 35.4 Å². The van der Waals surface area contributed by atoms with Crippen LogP contribution >= 0.6 is 0 Å². The molecule has 0 radical (unpaired) electrons. The lowest BCUT2D eigenvalue weighted by molar-refractivity contribution is 0.131. The third-order valence-corrected chi connectivity index (χ3v) is 5.73. The van der Waals surface area contributed by atoms with Crippen molar-refractivity contribution in [1.82, 2.24) is 15.1 Å². The second-order valence-corrected chi connectivity index (χ2v) is 7.96. The summed E-state index contributed by atoms with van der Waals surface area (Å²) < 4.78 is 5.21. The highest BCUT2D eigenvalue weighted by Gasteiger charge is 2.29. The van der Waals surface area contributed by atoms with Crippen molar-refractivity contribution in [2.45, 2.75) is 37.6 Å².